The van der Waals surface area contributed by atoms with E-state index in [9.17, 15) is 4.79 Å². The summed E-state index contributed by atoms with van der Waals surface area (Å²) in [5.41, 5.74) is 2.15. The van der Waals surface area contributed by atoms with Gasteiger partial charge >= 0.3 is 5.76 Å². The minimum absolute atomic E-state index is 0.103. The van der Waals surface area contributed by atoms with Crippen LogP contribution in [-0.2, 0) is 0 Å². The van der Waals surface area contributed by atoms with Crippen molar-refractivity contribution in [1.82, 2.24) is 4.98 Å². The zero-order valence-electron chi connectivity index (χ0n) is 10.5. The molecule has 0 aliphatic carbocycles. The van der Waals surface area contributed by atoms with Crippen LogP contribution in [-0.4, -0.2) is 4.98 Å². The average Bonchev–Trinajstić information content (AvgIpc) is 3.03. The first-order chi connectivity index (χ1) is 9.26. The first-order valence-electron chi connectivity index (χ1n) is 6.19. The lowest BCUT2D eigenvalue weighted by atomic mass is 10.1. The SMILES string of the molecule is CCC(Nc1ccc2oc(=O)[nH]c2c1)c1ccco1. The van der Waals surface area contributed by atoms with Crippen LogP contribution >= 0.6 is 0 Å². The first kappa shape index (κ1) is 11.6. The van der Waals surface area contributed by atoms with Gasteiger partial charge in [0.2, 0.25) is 0 Å². The van der Waals surface area contributed by atoms with Crippen molar-refractivity contribution in [3.63, 3.8) is 0 Å². The summed E-state index contributed by atoms with van der Waals surface area (Å²) >= 11 is 0. The maximum Gasteiger partial charge on any atom is 0.417 e. The van der Waals surface area contributed by atoms with Crippen LogP contribution in [0.2, 0.25) is 0 Å². The molecule has 5 heteroatoms. The van der Waals surface area contributed by atoms with Gasteiger partial charge in [0.1, 0.15) is 5.76 Å². The fourth-order valence-electron chi connectivity index (χ4n) is 2.11. The van der Waals surface area contributed by atoms with E-state index >= 15 is 0 Å². The van der Waals surface area contributed by atoms with Gasteiger partial charge in [0.15, 0.2) is 5.58 Å². The van der Waals surface area contributed by atoms with Crippen LogP contribution in [0.25, 0.3) is 11.1 Å². The second-order valence-corrected chi connectivity index (χ2v) is 4.35. The van der Waals surface area contributed by atoms with E-state index in [2.05, 4.69) is 17.2 Å². The van der Waals surface area contributed by atoms with Gasteiger partial charge in [0.05, 0.1) is 17.8 Å². The van der Waals surface area contributed by atoms with E-state index in [-0.39, 0.29) is 6.04 Å². The number of benzene rings is 1. The van der Waals surface area contributed by atoms with Crippen LogP contribution in [0.5, 0.6) is 0 Å². The monoisotopic (exact) mass is 258 g/mol. The van der Waals surface area contributed by atoms with Gasteiger partial charge in [-0.3, -0.25) is 4.98 Å². The molecule has 0 spiro atoms. The fraction of sp³-hybridized carbons (Fsp3) is 0.214. The van der Waals surface area contributed by atoms with Crippen LogP contribution in [0.3, 0.4) is 0 Å². The maximum atomic E-state index is 11.1. The Hall–Kier alpha value is -2.43. The standard InChI is InChI=1S/C14H14N2O3/c1-2-10(12-4-3-7-18-12)15-9-5-6-13-11(8-9)16-14(17)19-13/h3-8,10,15H,2H2,1H3,(H,16,17). The van der Waals surface area contributed by atoms with Gasteiger partial charge in [0.25, 0.3) is 0 Å². The largest absolute Gasteiger partial charge is 0.467 e. The molecule has 1 atom stereocenters. The first-order valence-corrected chi connectivity index (χ1v) is 6.19. The Morgan fingerprint density at radius 3 is 3.00 bits per heavy atom. The van der Waals surface area contributed by atoms with Crippen LogP contribution in [0.4, 0.5) is 5.69 Å². The van der Waals surface area contributed by atoms with E-state index < -0.39 is 5.76 Å². The minimum Gasteiger partial charge on any atom is -0.467 e. The predicted molar refractivity (Wildman–Crippen MR) is 72.2 cm³/mol. The van der Waals surface area contributed by atoms with E-state index in [1.807, 2.05) is 24.3 Å². The van der Waals surface area contributed by atoms with Crippen LogP contribution in [0.15, 0.2) is 50.2 Å². The molecule has 0 saturated heterocycles. The summed E-state index contributed by atoms with van der Waals surface area (Å²) in [6, 6.07) is 9.42. The summed E-state index contributed by atoms with van der Waals surface area (Å²) < 4.78 is 10.4. The number of aromatic amines is 1. The smallest absolute Gasteiger partial charge is 0.417 e. The van der Waals surface area contributed by atoms with Gasteiger partial charge in [0, 0.05) is 5.69 Å². The summed E-state index contributed by atoms with van der Waals surface area (Å²) in [6.45, 7) is 2.08. The second-order valence-electron chi connectivity index (χ2n) is 4.35. The van der Waals surface area contributed by atoms with Crippen molar-refractivity contribution in [3.05, 3.63) is 52.9 Å². The lowest BCUT2D eigenvalue weighted by molar-refractivity contribution is 0.474. The third kappa shape index (κ3) is 2.27. The summed E-state index contributed by atoms with van der Waals surface area (Å²) in [5, 5.41) is 3.38. The Bertz CT molecular complexity index is 725. The molecule has 2 heterocycles. The Kier molecular flexibility index (Phi) is 2.87. The minimum atomic E-state index is -0.440. The predicted octanol–water partition coefficient (Wildman–Crippen LogP) is 3.28. The number of H-pyrrole nitrogens is 1. The Morgan fingerprint density at radius 1 is 1.37 bits per heavy atom. The highest BCUT2D eigenvalue weighted by atomic mass is 16.4. The molecule has 0 aliphatic rings. The number of fused-ring (bicyclic) bond motifs is 1. The molecule has 0 bridgehead atoms. The fourth-order valence-corrected chi connectivity index (χ4v) is 2.11. The Morgan fingerprint density at radius 2 is 2.26 bits per heavy atom. The molecule has 0 saturated carbocycles. The lowest BCUT2D eigenvalue weighted by Crippen LogP contribution is -2.08. The van der Waals surface area contributed by atoms with E-state index in [4.69, 9.17) is 8.83 Å². The van der Waals surface area contributed by atoms with Crippen molar-refractivity contribution >= 4 is 16.8 Å². The van der Waals surface area contributed by atoms with E-state index in [1.165, 1.54) is 0 Å². The number of oxazole rings is 1. The Balaban J connectivity index is 1.89. The molecule has 5 nitrogen and oxygen atoms in total. The van der Waals surface area contributed by atoms with E-state index in [0.29, 0.717) is 11.1 Å². The molecule has 19 heavy (non-hydrogen) atoms. The number of aromatic nitrogens is 1. The third-order valence-corrected chi connectivity index (χ3v) is 3.05. The zero-order valence-corrected chi connectivity index (χ0v) is 10.5. The van der Waals surface area contributed by atoms with Crippen molar-refractivity contribution in [2.24, 2.45) is 0 Å². The number of nitrogens with one attached hydrogen (secondary N) is 2. The molecule has 0 radical (unpaired) electrons. The van der Waals surface area contributed by atoms with Crippen molar-refractivity contribution in [3.8, 4) is 0 Å². The number of furan rings is 1. The van der Waals surface area contributed by atoms with Gasteiger partial charge in [-0.1, -0.05) is 6.92 Å². The molecule has 3 rings (SSSR count). The summed E-state index contributed by atoms with van der Waals surface area (Å²) in [6.07, 6.45) is 2.56. The van der Waals surface area contributed by atoms with E-state index in [0.717, 1.165) is 17.9 Å². The van der Waals surface area contributed by atoms with Gasteiger partial charge in [-0.25, -0.2) is 4.79 Å². The third-order valence-electron chi connectivity index (χ3n) is 3.05. The van der Waals surface area contributed by atoms with Gasteiger partial charge < -0.3 is 14.2 Å². The molecule has 3 aromatic rings. The highest BCUT2D eigenvalue weighted by molar-refractivity contribution is 5.76. The molecule has 0 amide bonds. The van der Waals surface area contributed by atoms with Crippen molar-refractivity contribution in [2.75, 3.05) is 5.32 Å². The summed E-state index contributed by atoms with van der Waals surface area (Å²) in [7, 11) is 0. The normalized spacial score (nSPS) is 12.7. The highest BCUT2D eigenvalue weighted by Crippen LogP contribution is 2.24. The van der Waals surface area contributed by atoms with Crippen molar-refractivity contribution in [1.29, 1.82) is 0 Å². The number of anilines is 1. The average molecular weight is 258 g/mol. The molecule has 0 fully saturated rings. The van der Waals surface area contributed by atoms with Crippen molar-refractivity contribution < 1.29 is 8.83 Å². The number of hydrogen-bond acceptors (Lipinski definition) is 4. The highest BCUT2D eigenvalue weighted by Gasteiger charge is 2.12. The molecule has 98 valence electrons. The molecular formula is C14H14N2O3. The van der Waals surface area contributed by atoms with Crippen LogP contribution < -0.4 is 11.1 Å². The zero-order chi connectivity index (χ0) is 13.2. The number of rotatable bonds is 4. The summed E-state index contributed by atoms with van der Waals surface area (Å²) in [5.74, 6) is 0.452. The number of hydrogen-bond donors (Lipinski definition) is 2. The molecule has 2 N–H and O–H groups in total. The van der Waals surface area contributed by atoms with Gasteiger partial charge in [-0.05, 0) is 36.8 Å². The van der Waals surface area contributed by atoms with Crippen LogP contribution in [0, 0.1) is 0 Å². The second kappa shape index (κ2) is 4.68. The quantitative estimate of drug-likeness (QED) is 0.753. The molecule has 0 aliphatic heterocycles. The van der Waals surface area contributed by atoms with E-state index in [1.54, 1.807) is 12.3 Å². The van der Waals surface area contributed by atoms with Crippen LogP contribution in [0.1, 0.15) is 25.1 Å². The topological polar surface area (TPSA) is 71.2 Å². The molecule has 1 aromatic carbocycles. The van der Waals surface area contributed by atoms with Gasteiger partial charge in [-0.15, -0.1) is 0 Å². The Labute approximate surface area is 109 Å². The molecule has 2 aromatic heterocycles. The molecule has 1 unspecified atom stereocenters. The lowest BCUT2D eigenvalue weighted by Gasteiger charge is -2.15. The van der Waals surface area contributed by atoms with Crippen molar-refractivity contribution in [2.45, 2.75) is 19.4 Å². The van der Waals surface area contributed by atoms with Gasteiger partial charge in [-0.2, -0.15) is 0 Å². The maximum absolute atomic E-state index is 11.1. The molecular weight excluding hydrogens is 244 g/mol. The summed E-state index contributed by atoms with van der Waals surface area (Å²) in [4.78, 5) is 13.7.